The van der Waals surface area contributed by atoms with E-state index in [9.17, 15) is 45.6 Å². The van der Waals surface area contributed by atoms with Gasteiger partial charge in [0, 0.05) is 17.7 Å². The highest BCUT2D eigenvalue weighted by atomic mass is 16.7. The highest BCUT2D eigenvalue weighted by molar-refractivity contribution is 5.88. The molecular formula is C21H20O12. The average molecular weight is 464 g/mol. The summed E-state index contributed by atoms with van der Waals surface area (Å²) in [5.41, 5.74) is -1.45. The molecule has 0 radical (unpaired) electrons. The van der Waals surface area contributed by atoms with Gasteiger partial charge in [-0.15, -0.1) is 0 Å². The van der Waals surface area contributed by atoms with Crippen LogP contribution in [0.4, 0.5) is 0 Å². The molecular weight excluding hydrogens is 444 g/mol. The highest BCUT2D eigenvalue weighted by Gasteiger charge is 2.44. The molecule has 1 saturated heterocycles. The lowest BCUT2D eigenvalue weighted by Gasteiger charge is -2.38. The van der Waals surface area contributed by atoms with E-state index < -0.39 is 81.8 Å². The van der Waals surface area contributed by atoms with Gasteiger partial charge in [0.15, 0.2) is 23.0 Å². The number of hydrogen-bond donors (Lipinski definition) is 8. The fourth-order valence-electron chi connectivity index (χ4n) is 3.53. The molecule has 2 heterocycles. The summed E-state index contributed by atoms with van der Waals surface area (Å²) >= 11 is 0. The smallest absolute Gasteiger partial charge is 0.239 e. The molecule has 1 aliphatic heterocycles. The molecule has 176 valence electrons. The van der Waals surface area contributed by atoms with Crippen LogP contribution in [0, 0.1) is 0 Å². The number of rotatable bonds is 3. The van der Waals surface area contributed by atoms with Crippen LogP contribution in [0.25, 0.3) is 22.3 Å². The van der Waals surface area contributed by atoms with E-state index in [1.807, 2.05) is 0 Å². The van der Waals surface area contributed by atoms with Gasteiger partial charge in [-0.1, -0.05) is 0 Å². The lowest BCUT2D eigenvalue weighted by molar-refractivity contribution is -0.268. The number of phenolic OH excluding ortho intramolecular Hbond substituents is 5. The first-order valence-electron chi connectivity index (χ1n) is 9.64. The quantitative estimate of drug-likeness (QED) is 0.244. The van der Waals surface area contributed by atoms with Gasteiger partial charge in [0.2, 0.25) is 17.5 Å². The molecule has 1 aromatic heterocycles. The molecule has 0 unspecified atom stereocenters. The summed E-state index contributed by atoms with van der Waals surface area (Å²) in [5.74, 6) is -4.55. The van der Waals surface area contributed by atoms with E-state index in [0.29, 0.717) is 0 Å². The van der Waals surface area contributed by atoms with Crippen molar-refractivity contribution in [2.45, 2.75) is 37.6 Å². The molecule has 0 spiro atoms. The Balaban J connectivity index is 1.95. The molecule has 4 rings (SSSR count). The summed E-state index contributed by atoms with van der Waals surface area (Å²) in [6.45, 7) is 1.39. The highest BCUT2D eigenvalue weighted by Crippen LogP contribution is 2.43. The third kappa shape index (κ3) is 3.74. The lowest BCUT2D eigenvalue weighted by atomic mass is 10.00. The third-order valence-electron chi connectivity index (χ3n) is 5.29. The molecule has 0 saturated carbocycles. The van der Waals surface area contributed by atoms with E-state index >= 15 is 0 Å². The Kier molecular flexibility index (Phi) is 5.46. The van der Waals surface area contributed by atoms with Crippen molar-refractivity contribution < 1.29 is 54.7 Å². The minimum Gasteiger partial charge on any atom is -0.508 e. The standard InChI is InChI=1S/C21H20O12/c1-6-14(26)17(29)18(30)21(31-6)33-20-16(28)13-9(23)4-8(22)5-12(13)32-19(20)7-2-10(24)15(27)11(25)3-7/h2-6,14,17-18,21-27,29-30H,1H3/t6-,14+,17+,18+,21+/m0/s1. The molecule has 3 aromatic rings. The first kappa shape index (κ1) is 22.5. The summed E-state index contributed by atoms with van der Waals surface area (Å²) in [4.78, 5) is 13.2. The maximum atomic E-state index is 13.2. The molecule has 5 atom stereocenters. The van der Waals surface area contributed by atoms with Crippen LogP contribution in [0.3, 0.4) is 0 Å². The first-order chi connectivity index (χ1) is 15.5. The summed E-state index contributed by atoms with van der Waals surface area (Å²) in [6, 6.07) is 3.79. The normalized spacial score (nSPS) is 25.3. The largest absolute Gasteiger partial charge is 0.508 e. The van der Waals surface area contributed by atoms with Crippen molar-refractivity contribution in [3.8, 4) is 45.8 Å². The van der Waals surface area contributed by atoms with Crippen molar-refractivity contribution in [2.75, 3.05) is 0 Å². The zero-order valence-corrected chi connectivity index (χ0v) is 16.9. The summed E-state index contributed by atoms with van der Waals surface area (Å²) in [5, 5.41) is 79.1. The van der Waals surface area contributed by atoms with Gasteiger partial charge in [0.05, 0.1) is 6.10 Å². The Labute approximate surface area is 184 Å². The van der Waals surface area contributed by atoms with Crippen LogP contribution in [-0.4, -0.2) is 71.6 Å². The van der Waals surface area contributed by atoms with Crippen molar-refractivity contribution in [1.29, 1.82) is 0 Å². The predicted molar refractivity (Wildman–Crippen MR) is 109 cm³/mol. The monoisotopic (exact) mass is 464 g/mol. The van der Waals surface area contributed by atoms with Gasteiger partial charge in [-0.2, -0.15) is 0 Å². The Bertz CT molecular complexity index is 1260. The second-order valence-corrected chi connectivity index (χ2v) is 7.59. The number of aliphatic hydroxyl groups excluding tert-OH is 3. The summed E-state index contributed by atoms with van der Waals surface area (Å²) in [6.07, 6.45) is -7.59. The van der Waals surface area contributed by atoms with E-state index in [-0.39, 0.29) is 11.1 Å². The maximum Gasteiger partial charge on any atom is 0.239 e. The fourth-order valence-corrected chi connectivity index (χ4v) is 3.53. The maximum absolute atomic E-state index is 13.2. The second kappa shape index (κ2) is 8.01. The molecule has 8 N–H and O–H groups in total. The number of benzene rings is 2. The number of ether oxygens (including phenoxy) is 2. The van der Waals surface area contributed by atoms with Crippen molar-refractivity contribution in [2.24, 2.45) is 0 Å². The molecule has 2 aromatic carbocycles. The molecule has 1 aliphatic rings. The fraction of sp³-hybridized carbons (Fsp3) is 0.286. The van der Waals surface area contributed by atoms with Gasteiger partial charge < -0.3 is 54.7 Å². The van der Waals surface area contributed by atoms with Crippen LogP contribution in [0.1, 0.15) is 6.92 Å². The average Bonchev–Trinajstić information content (AvgIpc) is 2.74. The molecule has 12 heteroatoms. The van der Waals surface area contributed by atoms with Gasteiger partial charge in [-0.05, 0) is 19.1 Å². The van der Waals surface area contributed by atoms with Gasteiger partial charge in [0.25, 0.3) is 0 Å². The number of hydrogen-bond acceptors (Lipinski definition) is 12. The predicted octanol–water partition coefficient (Wildman–Crippen LogP) is 0.194. The lowest BCUT2D eigenvalue weighted by Crippen LogP contribution is -2.58. The molecule has 1 fully saturated rings. The minimum absolute atomic E-state index is 0.168. The van der Waals surface area contributed by atoms with Crippen molar-refractivity contribution >= 4 is 11.0 Å². The van der Waals surface area contributed by atoms with Crippen LogP contribution < -0.4 is 10.2 Å². The van der Waals surface area contributed by atoms with Crippen LogP contribution >= 0.6 is 0 Å². The Morgan fingerprint density at radius 3 is 2.12 bits per heavy atom. The number of aliphatic hydroxyl groups is 3. The van der Waals surface area contributed by atoms with E-state index in [2.05, 4.69) is 0 Å². The van der Waals surface area contributed by atoms with Gasteiger partial charge in [-0.3, -0.25) is 4.79 Å². The first-order valence-corrected chi connectivity index (χ1v) is 9.64. The molecule has 33 heavy (non-hydrogen) atoms. The van der Waals surface area contributed by atoms with Crippen LogP contribution in [0.5, 0.6) is 34.5 Å². The van der Waals surface area contributed by atoms with E-state index in [1.54, 1.807) is 0 Å². The Morgan fingerprint density at radius 1 is 0.848 bits per heavy atom. The zero-order valence-electron chi connectivity index (χ0n) is 16.9. The Hall–Kier alpha value is -3.71. The van der Waals surface area contributed by atoms with Crippen molar-refractivity contribution in [3.05, 3.63) is 34.5 Å². The third-order valence-corrected chi connectivity index (χ3v) is 5.29. The molecule has 0 amide bonds. The van der Waals surface area contributed by atoms with Crippen LogP contribution in [-0.2, 0) is 4.74 Å². The summed E-state index contributed by atoms with van der Waals surface area (Å²) in [7, 11) is 0. The topological polar surface area (TPSA) is 211 Å². The molecule has 12 nitrogen and oxygen atoms in total. The SMILES string of the molecule is C[C@@H]1O[C@H](Oc2c(-c3cc(O)c(O)c(O)c3)oc3cc(O)cc(O)c3c2=O)[C@H](O)[C@H](O)[C@@H]1O. The number of phenols is 5. The zero-order chi connectivity index (χ0) is 24.2. The second-order valence-electron chi connectivity index (χ2n) is 7.59. The number of fused-ring (bicyclic) bond motifs is 1. The minimum atomic E-state index is -1.80. The van der Waals surface area contributed by atoms with Crippen molar-refractivity contribution in [3.63, 3.8) is 0 Å². The van der Waals surface area contributed by atoms with E-state index in [1.165, 1.54) is 6.92 Å². The molecule has 0 aliphatic carbocycles. The van der Waals surface area contributed by atoms with Gasteiger partial charge in [-0.25, -0.2) is 0 Å². The van der Waals surface area contributed by atoms with E-state index in [0.717, 1.165) is 24.3 Å². The van der Waals surface area contributed by atoms with Crippen LogP contribution in [0.15, 0.2) is 33.5 Å². The van der Waals surface area contributed by atoms with Crippen LogP contribution in [0.2, 0.25) is 0 Å². The number of aromatic hydroxyl groups is 5. The Morgan fingerprint density at radius 2 is 1.48 bits per heavy atom. The van der Waals surface area contributed by atoms with Gasteiger partial charge >= 0.3 is 0 Å². The van der Waals surface area contributed by atoms with Crippen molar-refractivity contribution in [1.82, 2.24) is 0 Å². The van der Waals surface area contributed by atoms with E-state index in [4.69, 9.17) is 13.9 Å². The summed E-state index contributed by atoms with van der Waals surface area (Å²) < 4.78 is 16.5. The van der Waals surface area contributed by atoms with Gasteiger partial charge in [0.1, 0.15) is 40.8 Å². The molecule has 0 bridgehead atoms.